The van der Waals surface area contributed by atoms with E-state index in [0.717, 1.165) is 24.4 Å². The summed E-state index contributed by atoms with van der Waals surface area (Å²) in [5.74, 6) is -0.199. The lowest BCUT2D eigenvalue weighted by atomic mass is 10.0. The van der Waals surface area contributed by atoms with Gasteiger partial charge in [-0.3, -0.25) is 10.1 Å². The Morgan fingerprint density at radius 3 is 2.52 bits per heavy atom. The maximum atomic E-state index is 12.6. The lowest BCUT2D eigenvalue weighted by molar-refractivity contribution is -0.384. The Balaban J connectivity index is 2.63. The molecule has 2 N–H and O–H groups in total. The highest BCUT2D eigenvalue weighted by Gasteiger charge is 2.31. The van der Waals surface area contributed by atoms with Crippen molar-refractivity contribution >= 4 is 11.6 Å². The smallest absolute Gasteiger partial charge is 0.368 e. The standard InChI is InChI=1S/C12H9F3N4O2/c1-6-4-7(12(13,14)15)2-3-8(6)10-9(19(20)21)5-17-11(16)18-10/h2-5H,1H3,(H2,16,17,18). The Bertz CT molecular complexity index is 716. The van der Waals surface area contributed by atoms with E-state index in [9.17, 15) is 23.3 Å². The maximum Gasteiger partial charge on any atom is 0.416 e. The zero-order valence-electron chi connectivity index (χ0n) is 10.7. The van der Waals surface area contributed by atoms with E-state index in [1.165, 1.54) is 6.92 Å². The van der Waals surface area contributed by atoms with E-state index in [0.29, 0.717) is 0 Å². The second-order valence-corrected chi connectivity index (χ2v) is 4.25. The Morgan fingerprint density at radius 1 is 1.33 bits per heavy atom. The van der Waals surface area contributed by atoms with E-state index in [2.05, 4.69) is 9.97 Å². The fraction of sp³-hybridized carbons (Fsp3) is 0.167. The fourth-order valence-corrected chi connectivity index (χ4v) is 1.83. The number of alkyl halides is 3. The first-order chi connectivity index (χ1) is 9.70. The second kappa shape index (κ2) is 5.00. The molecule has 110 valence electrons. The topological polar surface area (TPSA) is 94.9 Å². The van der Waals surface area contributed by atoms with Crippen molar-refractivity contribution in [1.29, 1.82) is 0 Å². The molecule has 0 aliphatic heterocycles. The van der Waals surface area contributed by atoms with E-state index in [1.807, 2.05) is 0 Å². The van der Waals surface area contributed by atoms with Gasteiger partial charge in [-0.05, 0) is 24.6 Å². The van der Waals surface area contributed by atoms with Crippen LogP contribution in [0, 0.1) is 17.0 Å². The van der Waals surface area contributed by atoms with Gasteiger partial charge in [0.2, 0.25) is 5.95 Å². The molecule has 2 rings (SSSR count). The van der Waals surface area contributed by atoms with Gasteiger partial charge in [0.05, 0.1) is 10.5 Å². The minimum absolute atomic E-state index is 0.112. The second-order valence-electron chi connectivity index (χ2n) is 4.25. The van der Waals surface area contributed by atoms with Gasteiger partial charge in [0.15, 0.2) is 5.69 Å². The molecule has 9 heteroatoms. The number of hydrogen-bond donors (Lipinski definition) is 1. The van der Waals surface area contributed by atoms with Crippen LogP contribution in [0.1, 0.15) is 11.1 Å². The van der Waals surface area contributed by atoms with Gasteiger partial charge in [-0.2, -0.15) is 13.2 Å². The summed E-state index contributed by atoms with van der Waals surface area (Å²) in [7, 11) is 0. The zero-order valence-corrected chi connectivity index (χ0v) is 10.7. The van der Waals surface area contributed by atoms with Gasteiger partial charge in [-0.25, -0.2) is 9.97 Å². The number of benzene rings is 1. The molecule has 2 aromatic rings. The van der Waals surface area contributed by atoms with Gasteiger partial charge in [-0.1, -0.05) is 6.07 Å². The summed E-state index contributed by atoms with van der Waals surface area (Å²) in [6.45, 7) is 1.41. The molecule has 21 heavy (non-hydrogen) atoms. The van der Waals surface area contributed by atoms with E-state index in [1.54, 1.807) is 0 Å². The number of nitro groups is 1. The molecule has 0 spiro atoms. The number of anilines is 1. The molecule has 0 unspecified atom stereocenters. The Hall–Kier alpha value is -2.71. The molecule has 0 saturated carbocycles. The Labute approximate surface area is 116 Å². The van der Waals surface area contributed by atoms with Crippen LogP contribution in [0.4, 0.5) is 24.8 Å². The van der Waals surface area contributed by atoms with E-state index >= 15 is 0 Å². The molecule has 1 aromatic heterocycles. The number of nitrogens with zero attached hydrogens (tertiary/aromatic N) is 3. The normalized spacial score (nSPS) is 11.4. The van der Waals surface area contributed by atoms with E-state index < -0.39 is 22.4 Å². The highest BCUT2D eigenvalue weighted by atomic mass is 19.4. The summed E-state index contributed by atoms with van der Waals surface area (Å²) in [5, 5.41) is 10.9. The third-order valence-corrected chi connectivity index (χ3v) is 2.79. The number of nitrogen functional groups attached to an aromatic ring is 1. The van der Waals surface area contributed by atoms with Gasteiger partial charge in [0.25, 0.3) is 0 Å². The van der Waals surface area contributed by atoms with Crippen LogP contribution >= 0.6 is 0 Å². The number of rotatable bonds is 2. The lowest BCUT2D eigenvalue weighted by Gasteiger charge is -2.11. The summed E-state index contributed by atoms with van der Waals surface area (Å²) in [4.78, 5) is 17.5. The van der Waals surface area contributed by atoms with Crippen LogP contribution in [0.2, 0.25) is 0 Å². The SMILES string of the molecule is Cc1cc(C(F)(F)F)ccc1-c1nc(N)ncc1[N+](=O)[O-]. The van der Waals surface area contributed by atoms with Gasteiger partial charge in [0.1, 0.15) is 6.20 Å². The largest absolute Gasteiger partial charge is 0.416 e. The molecule has 1 heterocycles. The molecular formula is C12H9F3N4O2. The predicted molar refractivity (Wildman–Crippen MR) is 68.3 cm³/mol. The third kappa shape index (κ3) is 2.91. The molecule has 1 aromatic carbocycles. The average Bonchev–Trinajstić information content (AvgIpc) is 2.37. The average molecular weight is 298 g/mol. The number of hydrogen-bond acceptors (Lipinski definition) is 5. The Kier molecular flexibility index (Phi) is 3.50. The van der Waals surface area contributed by atoms with Gasteiger partial charge < -0.3 is 5.73 Å². The van der Waals surface area contributed by atoms with Crippen molar-refractivity contribution in [3.8, 4) is 11.3 Å². The minimum atomic E-state index is -4.49. The maximum absolute atomic E-state index is 12.6. The molecule has 0 aliphatic rings. The number of aromatic nitrogens is 2. The van der Waals surface area contributed by atoms with Crippen molar-refractivity contribution in [3.05, 3.63) is 45.6 Å². The van der Waals surface area contributed by atoms with Crippen molar-refractivity contribution in [2.45, 2.75) is 13.1 Å². The Morgan fingerprint density at radius 2 is 2.00 bits per heavy atom. The molecule has 0 aliphatic carbocycles. The minimum Gasteiger partial charge on any atom is -0.368 e. The number of halogens is 3. The van der Waals surface area contributed by atoms with Crippen LogP contribution in [0.5, 0.6) is 0 Å². The summed E-state index contributed by atoms with van der Waals surface area (Å²) >= 11 is 0. The number of nitrogens with two attached hydrogens (primary N) is 1. The van der Waals surface area contributed by atoms with Crippen molar-refractivity contribution in [2.75, 3.05) is 5.73 Å². The van der Waals surface area contributed by atoms with Crippen molar-refractivity contribution in [2.24, 2.45) is 0 Å². The van der Waals surface area contributed by atoms with Crippen molar-refractivity contribution in [3.63, 3.8) is 0 Å². The quantitative estimate of drug-likeness (QED) is 0.679. The molecule has 0 radical (unpaired) electrons. The summed E-state index contributed by atoms with van der Waals surface area (Å²) < 4.78 is 37.9. The molecule has 0 fully saturated rings. The highest BCUT2D eigenvalue weighted by molar-refractivity contribution is 5.72. The molecule has 0 amide bonds. The van der Waals surface area contributed by atoms with E-state index in [-0.39, 0.29) is 22.8 Å². The molecule has 0 atom stereocenters. The monoisotopic (exact) mass is 298 g/mol. The van der Waals surface area contributed by atoms with Crippen LogP contribution in [0.25, 0.3) is 11.3 Å². The van der Waals surface area contributed by atoms with Crippen molar-refractivity contribution in [1.82, 2.24) is 9.97 Å². The van der Waals surface area contributed by atoms with Crippen LogP contribution in [-0.4, -0.2) is 14.9 Å². The molecular weight excluding hydrogens is 289 g/mol. The van der Waals surface area contributed by atoms with E-state index in [4.69, 9.17) is 5.73 Å². The highest BCUT2D eigenvalue weighted by Crippen LogP contribution is 2.35. The summed E-state index contributed by atoms with van der Waals surface area (Å²) in [6.07, 6.45) is -3.56. The van der Waals surface area contributed by atoms with Crippen LogP contribution in [0.15, 0.2) is 24.4 Å². The first kappa shape index (κ1) is 14.7. The number of aryl methyl sites for hydroxylation is 1. The molecule has 0 bridgehead atoms. The third-order valence-electron chi connectivity index (χ3n) is 2.79. The van der Waals surface area contributed by atoms with Crippen LogP contribution in [0.3, 0.4) is 0 Å². The van der Waals surface area contributed by atoms with Gasteiger partial charge in [0, 0.05) is 5.56 Å². The molecule has 6 nitrogen and oxygen atoms in total. The lowest BCUT2D eigenvalue weighted by Crippen LogP contribution is -2.06. The van der Waals surface area contributed by atoms with Crippen molar-refractivity contribution < 1.29 is 18.1 Å². The summed E-state index contributed by atoms with van der Waals surface area (Å²) in [5.41, 5.74) is 4.41. The van der Waals surface area contributed by atoms with Gasteiger partial charge in [-0.15, -0.1) is 0 Å². The first-order valence-electron chi connectivity index (χ1n) is 5.65. The molecule has 0 saturated heterocycles. The zero-order chi connectivity index (χ0) is 15.8. The fourth-order valence-electron chi connectivity index (χ4n) is 1.83. The predicted octanol–water partition coefficient (Wildman–Crippen LogP) is 2.96. The van der Waals surface area contributed by atoms with Crippen LogP contribution in [-0.2, 0) is 6.18 Å². The summed E-state index contributed by atoms with van der Waals surface area (Å²) in [6, 6.07) is 2.87. The first-order valence-corrected chi connectivity index (χ1v) is 5.65. The van der Waals surface area contributed by atoms with Crippen LogP contribution < -0.4 is 5.73 Å². The van der Waals surface area contributed by atoms with Gasteiger partial charge >= 0.3 is 11.9 Å².